The minimum absolute atomic E-state index is 0.0866. The highest BCUT2D eigenvalue weighted by molar-refractivity contribution is 5.26. The summed E-state index contributed by atoms with van der Waals surface area (Å²) in [6.45, 7) is 2.78. The average Bonchev–Trinajstić information content (AvgIpc) is 2.48. The predicted octanol–water partition coefficient (Wildman–Crippen LogP) is 1.55. The van der Waals surface area contributed by atoms with E-state index in [9.17, 15) is 0 Å². The molecule has 0 saturated carbocycles. The maximum absolute atomic E-state index is 5.77. The SMILES string of the molecule is CNC(c1ccc(CCOC)cc1)C1COCCO1. The lowest BCUT2D eigenvalue weighted by Crippen LogP contribution is -2.39. The van der Waals surface area contributed by atoms with Crippen LogP contribution in [0.25, 0.3) is 0 Å². The molecule has 2 atom stereocenters. The van der Waals surface area contributed by atoms with Crippen LogP contribution in [0.1, 0.15) is 17.2 Å². The van der Waals surface area contributed by atoms with Crippen LogP contribution < -0.4 is 5.32 Å². The first kappa shape index (κ1) is 14.5. The molecule has 4 nitrogen and oxygen atoms in total. The third kappa shape index (κ3) is 4.01. The van der Waals surface area contributed by atoms with Crippen molar-refractivity contribution in [3.63, 3.8) is 0 Å². The van der Waals surface area contributed by atoms with E-state index in [0.29, 0.717) is 19.8 Å². The van der Waals surface area contributed by atoms with E-state index in [2.05, 4.69) is 29.6 Å². The Hall–Kier alpha value is -0.940. The standard InChI is InChI=1S/C15H23NO3/c1-16-15(14-11-18-9-10-19-14)13-5-3-12(4-6-13)7-8-17-2/h3-6,14-16H,7-11H2,1-2H3. The molecule has 1 aliphatic heterocycles. The number of likely N-dealkylation sites (N-methyl/N-ethyl adjacent to an activating group) is 1. The van der Waals surface area contributed by atoms with Crippen molar-refractivity contribution in [3.8, 4) is 0 Å². The second kappa shape index (κ2) is 7.60. The third-order valence-electron chi connectivity index (χ3n) is 3.46. The number of nitrogens with one attached hydrogen (secondary N) is 1. The normalized spacial score (nSPS) is 21.3. The summed E-state index contributed by atoms with van der Waals surface area (Å²) in [7, 11) is 3.69. The van der Waals surface area contributed by atoms with Gasteiger partial charge < -0.3 is 19.5 Å². The molecule has 1 aromatic carbocycles. The van der Waals surface area contributed by atoms with E-state index in [-0.39, 0.29) is 12.1 Å². The highest BCUT2D eigenvalue weighted by Gasteiger charge is 2.25. The number of hydrogen-bond acceptors (Lipinski definition) is 4. The fourth-order valence-electron chi connectivity index (χ4n) is 2.38. The highest BCUT2D eigenvalue weighted by atomic mass is 16.6. The van der Waals surface area contributed by atoms with Crippen molar-refractivity contribution in [2.45, 2.75) is 18.6 Å². The average molecular weight is 265 g/mol. The molecule has 1 heterocycles. The lowest BCUT2D eigenvalue weighted by Gasteiger charge is -2.30. The monoisotopic (exact) mass is 265 g/mol. The van der Waals surface area contributed by atoms with Gasteiger partial charge >= 0.3 is 0 Å². The molecule has 0 spiro atoms. The van der Waals surface area contributed by atoms with Crippen molar-refractivity contribution in [3.05, 3.63) is 35.4 Å². The van der Waals surface area contributed by atoms with Gasteiger partial charge in [0.1, 0.15) is 6.10 Å². The maximum Gasteiger partial charge on any atom is 0.100 e. The molecular weight excluding hydrogens is 242 g/mol. The molecule has 1 fully saturated rings. The number of ether oxygens (including phenoxy) is 3. The first-order valence-corrected chi connectivity index (χ1v) is 6.79. The van der Waals surface area contributed by atoms with Crippen molar-refractivity contribution in [1.82, 2.24) is 5.32 Å². The molecule has 0 aromatic heterocycles. The number of benzene rings is 1. The molecule has 106 valence electrons. The molecule has 2 rings (SSSR count). The summed E-state index contributed by atoms with van der Waals surface area (Å²) < 4.78 is 16.3. The molecule has 0 radical (unpaired) electrons. The first-order valence-electron chi connectivity index (χ1n) is 6.79. The van der Waals surface area contributed by atoms with Crippen molar-refractivity contribution < 1.29 is 14.2 Å². The summed E-state index contributed by atoms with van der Waals surface area (Å²) in [4.78, 5) is 0. The van der Waals surface area contributed by atoms with Crippen molar-refractivity contribution >= 4 is 0 Å². The van der Waals surface area contributed by atoms with E-state index in [0.717, 1.165) is 13.0 Å². The smallest absolute Gasteiger partial charge is 0.100 e. The Morgan fingerprint density at radius 2 is 2.11 bits per heavy atom. The Kier molecular flexibility index (Phi) is 5.79. The van der Waals surface area contributed by atoms with Crippen molar-refractivity contribution in [2.24, 2.45) is 0 Å². The van der Waals surface area contributed by atoms with E-state index < -0.39 is 0 Å². The van der Waals surface area contributed by atoms with Crippen LogP contribution in [0.2, 0.25) is 0 Å². The predicted molar refractivity (Wildman–Crippen MR) is 74.4 cm³/mol. The van der Waals surface area contributed by atoms with Crippen LogP contribution in [0, 0.1) is 0 Å². The molecular formula is C15H23NO3. The zero-order valence-corrected chi connectivity index (χ0v) is 11.7. The van der Waals surface area contributed by atoms with E-state index in [1.54, 1.807) is 7.11 Å². The van der Waals surface area contributed by atoms with Crippen LogP contribution >= 0.6 is 0 Å². The Morgan fingerprint density at radius 3 is 2.68 bits per heavy atom. The Morgan fingerprint density at radius 1 is 1.32 bits per heavy atom. The second-order valence-corrected chi connectivity index (χ2v) is 4.73. The molecule has 1 aliphatic rings. The van der Waals surface area contributed by atoms with Crippen LogP contribution in [0.4, 0.5) is 0 Å². The zero-order valence-electron chi connectivity index (χ0n) is 11.7. The summed E-state index contributed by atoms with van der Waals surface area (Å²) in [5.74, 6) is 0. The summed E-state index contributed by atoms with van der Waals surface area (Å²) in [5, 5.41) is 3.32. The van der Waals surface area contributed by atoms with E-state index in [4.69, 9.17) is 14.2 Å². The molecule has 0 bridgehead atoms. The highest BCUT2D eigenvalue weighted by Crippen LogP contribution is 2.21. The van der Waals surface area contributed by atoms with Gasteiger partial charge in [0.15, 0.2) is 0 Å². The van der Waals surface area contributed by atoms with Gasteiger partial charge in [0, 0.05) is 7.11 Å². The van der Waals surface area contributed by atoms with Crippen molar-refractivity contribution in [2.75, 3.05) is 40.6 Å². The van der Waals surface area contributed by atoms with Crippen LogP contribution in [-0.4, -0.2) is 46.7 Å². The van der Waals surface area contributed by atoms with Gasteiger partial charge in [-0.1, -0.05) is 24.3 Å². The van der Waals surface area contributed by atoms with E-state index >= 15 is 0 Å². The van der Waals surface area contributed by atoms with Crippen LogP contribution in [0.5, 0.6) is 0 Å². The number of hydrogen-bond donors (Lipinski definition) is 1. The van der Waals surface area contributed by atoms with Crippen LogP contribution in [0.15, 0.2) is 24.3 Å². The molecule has 0 amide bonds. The molecule has 19 heavy (non-hydrogen) atoms. The van der Waals surface area contributed by atoms with Gasteiger partial charge in [0.25, 0.3) is 0 Å². The topological polar surface area (TPSA) is 39.7 Å². The molecule has 4 heteroatoms. The maximum atomic E-state index is 5.77. The molecule has 1 aromatic rings. The van der Waals surface area contributed by atoms with Crippen LogP contribution in [0.3, 0.4) is 0 Å². The van der Waals surface area contributed by atoms with Crippen LogP contribution in [-0.2, 0) is 20.6 Å². The van der Waals surface area contributed by atoms with E-state index in [1.807, 2.05) is 7.05 Å². The lowest BCUT2D eigenvalue weighted by atomic mass is 9.99. The summed E-state index contributed by atoms with van der Waals surface area (Å²) in [6.07, 6.45) is 1.04. The largest absolute Gasteiger partial charge is 0.384 e. The molecule has 1 saturated heterocycles. The zero-order chi connectivity index (χ0) is 13.5. The number of rotatable bonds is 6. The summed E-state index contributed by atoms with van der Waals surface area (Å²) in [6, 6.07) is 8.80. The lowest BCUT2D eigenvalue weighted by molar-refractivity contribution is -0.101. The van der Waals surface area contributed by atoms with Gasteiger partial charge in [-0.2, -0.15) is 0 Å². The number of methoxy groups -OCH3 is 1. The first-order chi connectivity index (χ1) is 9.35. The van der Waals surface area contributed by atoms with Gasteiger partial charge in [-0.15, -0.1) is 0 Å². The van der Waals surface area contributed by atoms with Crippen molar-refractivity contribution in [1.29, 1.82) is 0 Å². The third-order valence-corrected chi connectivity index (χ3v) is 3.46. The van der Waals surface area contributed by atoms with E-state index in [1.165, 1.54) is 11.1 Å². The Bertz CT molecular complexity index is 360. The Balaban J connectivity index is 2.01. The van der Waals surface area contributed by atoms with Gasteiger partial charge in [-0.25, -0.2) is 0 Å². The second-order valence-electron chi connectivity index (χ2n) is 4.73. The van der Waals surface area contributed by atoms with Gasteiger partial charge in [-0.05, 0) is 24.6 Å². The van der Waals surface area contributed by atoms with Gasteiger partial charge in [0.2, 0.25) is 0 Å². The summed E-state index contributed by atoms with van der Waals surface area (Å²) >= 11 is 0. The Labute approximate surface area is 115 Å². The molecule has 0 aliphatic carbocycles. The fraction of sp³-hybridized carbons (Fsp3) is 0.600. The quantitative estimate of drug-likeness (QED) is 0.847. The minimum Gasteiger partial charge on any atom is -0.384 e. The molecule has 1 N–H and O–H groups in total. The summed E-state index contributed by atoms with van der Waals surface area (Å²) in [5.41, 5.74) is 2.53. The minimum atomic E-state index is 0.0866. The molecule has 2 unspecified atom stereocenters. The van der Waals surface area contributed by atoms with Gasteiger partial charge in [-0.3, -0.25) is 0 Å². The van der Waals surface area contributed by atoms with Gasteiger partial charge in [0.05, 0.1) is 32.5 Å². The fourth-order valence-corrected chi connectivity index (χ4v) is 2.38.